The van der Waals surface area contributed by atoms with E-state index in [-0.39, 0.29) is 0 Å². The zero-order valence-electron chi connectivity index (χ0n) is 9.28. The normalized spacial score (nSPS) is 19.6. The second-order valence-electron chi connectivity index (χ2n) is 4.13. The molecule has 4 heteroatoms. The standard InChI is InChI=1S/C11H19N3S/c1-9-11(13-8-15-9)10(4-5-12)14-6-2-3-7-14/h8,10H,2-7,12H2,1H3. The number of nitrogens with zero attached hydrogens (tertiary/aromatic N) is 2. The van der Waals surface area contributed by atoms with Crippen molar-refractivity contribution in [3.8, 4) is 0 Å². The molecule has 0 amide bonds. The van der Waals surface area contributed by atoms with Crippen molar-refractivity contribution in [1.82, 2.24) is 9.88 Å². The number of thiazole rings is 1. The number of likely N-dealkylation sites (tertiary alicyclic amines) is 1. The molecule has 1 saturated heterocycles. The Kier molecular flexibility index (Phi) is 3.72. The summed E-state index contributed by atoms with van der Waals surface area (Å²) in [5, 5.41) is 0. The molecule has 1 fully saturated rings. The Morgan fingerprint density at radius 2 is 2.27 bits per heavy atom. The van der Waals surface area contributed by atoms with E-state index in [4.69, 9.17) is 5.73 Å². The van der Waals surface area contributed by atoms with Gasteiger partial charge in [-0.1, -0.05) is 0 Å². The van der Waals surface area contributed by atoms with Gasteiger partial charge in [-0.25, -0.2) is 4.98 Å². The van der Waals surface area contributed by atoms with Crippen LogP contribution in [0.4, 0.5) is 0 Å². The van der Waals surface area contributed by atoms with Gasteiger partial charge in [-0.15, -0.1) is 11.3 Å². The smallest absolute Gasteiger partial charge is 0.0798 e. The molecule has 15 heavy (non-hydrogen) atoms. The van der Waals surface area contributed by atoms with Crippen molar-refractivity contribution in [3.05, 3.63) is 16.1 Å². The van der Waals surface area contributed by atoms with Crippen molar-refractivity contribution in [2.75, 3.05) is 19.6 Å². The molecular formula is C11H19N3S. The summed E-state index contributed by atoms with van der Waals surface area (Å²) >= 11 is 1.74. The van der Waals surface area contributed by atoms with Crippen LogP contribution in [-0.4, -0.2) is 29.5 Å². The van der Waals surface area contributed by atoms with Gasteiger partial charge >= 0.3 is 0 Å². The first-order valence-corrected chi connectivity index (χ1v) is 6.55. The fourth-order valence-electron chi connectivity index (χ4n) is 2.34. The lowest BCUT2D eigenvalue weighted by atomic mass is 10.1. The zero-order valence-corrected chi connectivity index (χ0v) is 10.1. The lowest BCUT2D eigenvalue weighted by molar-refractivity contribution is 0.231. The molecule has 0 spiro atoms. The summed E-state index contributed by atoms with van der Waals surface area (Å²) in [6, 6.07) is 0.462. The molecule has 1 atom stereocenters. The van der Waals surface area contributed by atoms with E-state index >= 15 is 0 Å². The second kappa shape index (κ2) is 5.05. The number of hydrogen-bond acceptors (Lipinski definition) is 4. The van der Waals surface area contributed by atoms with Gasteiger partial charge in [0.1, 0.15) is 0 Å². The number of hydrogen-bond donors (Lipinski definition) is 1. The van der Waals surface area contributed by atoms with Gasteiger partial charge < -0.3 is 5.73 Å². The third-order valence-electron chi connectivity index (χ3n) is 3.12. The molecule has 1 aliphatic heterocycles. The lowest BCUT2D eigenvalue weighted by Crippen LogP contribution is -2.28. The highest BCUT2D eigenvalue weighted by molar-refractivity contribution is 7.09. The van der Waals surface area contributed by atoms with Gasteiger partial charge in [-0.2, -0.15) is 0 Å². The Balaban J connectivity index is 2.15. The van der Waals surface area contributed by atoms with Gasteiger partial charge in [0.25, 0.3) is 0 Å². The van der Waals surface area contributed by atoms with Crippen LogP contribution in [0.5, 0.6) is 0 Å². The van der Waals surface area contributed by atoms with Crippen LogP contribution in [0, 0.1) is 6.92 Å². The van der Waals surface area contributed by atoms with Crippen molar-refractivity contribution in [3.63, 3.8) is 0 Å². The molecule has 1 aliphatic rings. The van der Waals surface area contributed by atoms with Crippen LogP contribution >= 0.6 is 11.3 Å². The van der Waals surface area contributed by atoms with Gasteiger partial charge in [-0.05, 0) is 45.8 Å². The SMILES string of the molecule is Cc1scnc1C(CCN)N1CCCC1. The number of rotatable bonds is 4. The fourth-order valence-corrected chi connectivity index (χ4v) is 2.97. The highest BCUT2D eigenvalue weighted by Crippen LogP contribution is 2.30. The molecule has 0 saturated carbocycles. The largest absolute Gasteiger partial charge is 0.330 e. The Morgan fingerprint density at radius 3 is 2.80 bits per heavy atom. The van der Waals surface area contributed by atoms with Crippen LogP contribution in [0.15, 0.2) is 5.51 Å². The Morgan fingerprint density at radius 1 is 1.53 bits per heavy atom. The summed E-state index contributed by atoms with van der Waals surface area (Å²) in [4.78, 5) is 8.38. The van der Waals surface area contributed by atoms with Gasteiger partial charge in [-0.3, -0.25) is 4.90 Å². The third-order valence-corrected chi connectivity index (χ3v) is 3.89. The van der Waals surface area contributed by atoms with Gasteiger partial charge in [0.15, 0.2) is 0 Å². The Bertz CT molecular complexity index is 305. The van der Waals surface area contributed by atoms with E-state index in [1.165, 1.54) is 36.5 Å². The predicted molar refractivity (Wildman–Crippen MR) is 64.1 cm³/mol. The molecular weight excluding hydrogens is 206 g/mol. The fraction of sp³-hybridized carbons (Fsp3) is 0.727. The van der Waals surface area contributed by atoms with E-state index in [0.717, 1.165) is 13.0 Å². The summed E-state index contributed by atoms with van der Waals surface area (Å²) in [5.41, 5.74) is 8.91. The van der Waals surface area contributed by atoms with Crippen molar-refractivity contribution < 1.29 is 0 Å². The summed E-state index contributed by atoms with van der Waals surface area (Å²) in [5.74, 6) is 0. The molecule has 0 aliphatic carbocycles. The highest BCUT2D eigenvalue weighted by Gasteiger charge is 2.25. The van der Waals surface area contributed by atoms with E-state index in [2.05, 4.69) is 16.8 Å². The summed E-state index contributed by atoms with van der Waals surface area (Å²) < 4.78 is 0. The average Bonchev–Trinajstić information content (AvgIpc) is 2.85. The van der Waals surface area contributed by atoms with E-state index in [1.807, 2.05) is 5.51 Å². The molecule has 0 radical (unpaired) electrons. The van der Waals surface area contributed by atoms with E-state index in [9.17, 15) is 0 Å². The van der Waals surface area contributed by atoms with Crippen LogP contribution < -0.4 is 5.73 Å². The predicted octanol–water partition coefficient (Wildman–Crippen LogP) is 1.94. The van der Waals surface area contributed by atoms with Crippen LogP contribution in [0.1, 0.15) is 35.9 Å². The minimum Gasteiger partial charge on any atom is -0.330 e. The van der Waals surface area contributed by atoms with E-state index in [1.54, 1.807) is 11.3 Å². The first-order chi connectivity index (χ1) is 7.33. The quantitative estimate of drug-likeness (QED) is 0.851. The van der Waals surface area contributed by atoms with Gasteiger partial charge in [0, 0.05) is 4.88 Å². The van der Waals surface area contributed by atoms with E-state index in [0.29, 0.717) is 6.04 Å². The topological polar surface area (TPSA) is 42.1 Å². The maximum Gasteiger partial charge on any atom is 0.0798 e. The van der Waals surface area contributed by atoms with Crippen LogP contribution in [0.3, 0.4) is 0 Å². The summed E-state index contributed by atoms with van der Waals surface area (Å²) in [6.45, 7) is 5.33. The summed E-state index contributed by atoms with van der Waals surface area (Å²) in [7, 11) is 0. The molecule has 1 aromatic heterocycles. The average molecular weight is 225 g/mol. The monoisotopic (exact) mass is 225 g/mol. The molecule has 0 bridgehead atoms. The minimum atomic E-state index is 0.462. The van der Waals surface area contributed by atoms with Crippen LogP contribution in [0.2, 0.25) is 0 Å². The minimum absolute atomic E-state index is 0.462. The Hall–Kier alpha value is -0.450. The molecule has 2 heterocycles. The van der Waals surface area contributed by atoms with Crippen LogP contribution in [0.25, 0.3) is 0 Å². The van der Waals surface area contributed by atoms with Crippen LogP contribution in [-0.2, 0) is 0 Å². The van der Waals surface area contributed by atoms with Crippen molar-refractivity contribution in [2.24, 2.45) is 5.73 Å². The lowest BCUT2D eigenvalue weighted by Gasteiger charge is -2.26. The first kappa shape index (κ1) is 11.0. The molecule has 1 aromatic rings. The summed E-state index contributed by atoms with van der Waals surface area (Å²) in [6.07, 6.45) is 3.68. The van der Waals surface area contributed by atoms with Crippen molar-refractivity contribution in [2.45, 2.75) is 32.2 Å². The number of aryl methyl sites for hydroxylation is 1. The zero-order chi connectivity index (χ0) is 10.7. The number of aromatic nitrogens is 1. The molecule has 2 N–H and O–H groups in total. The molecule has 2 rings (SSSR count). The highest BCUT2D eigenvalue weighted by atomic mass is 32.1. The molecule has 0 aromatic carbocycles. The molecule has 3 nitrogen and oxygen atoms in total. The second-order valence-corrected chi connectivity index (χ2v) is 5.19. The van der Waals surface area contributed by atoms with Crippen molar-refractivity contribution in [1.29, 1.82) is 0 Å². The van der Waals surface area contributed by atoms with Gasteiger partial charge in [0.2, 0.25) is 0 Å². The van der Waals surface area contributed by atoms with Gasteiger partial charge in [0.05, 0.1) is 17.2 Å². The first-order valence-electron chi connectivity index (χ1n) is 5.67. The molecule has 84 valence electrons. The Labute approximate surface area is 95.3 Å². The van der Waals surface area contributed by atoms with Crippen molar-refractivity contribution >= 4 is 11.3 Å². The number of nitrogens with two attached hydrogens (primary N) is 1. The van der Waals surface area contributed by atoms with E-state index < -0.39 is 0 Å². The maximum atomic E-state index is 5.70. The maximum absolute atomic E-state index is 5.70. The third kappa shape index (κ3) is 2.38. The molecule has 1 unspecified atom stereocenters.